The van der Waals surface area contributed by atoms with Gasteiger partial charge in [-0.05, 0) is 11.5 Å². The van der Waals surface area contributed by atoms with Gasteiger partial charge in [-0.25, -0.2) is 5.84 Å². The fourth-order valence-corrected chi connectivity index (χ4v) is 1.75. The second-order valence-corrected chi connectivity index (χ2v) is 5.24. The Labute approximate surface area is 112 Å². The Balaban J connectivity index is 2.33. The zero-order chi connectivity index (χ0) is 13.9. The molecule has 100 valence electrons. The molecule has 0 amide bonds. The van der Waals surface area contributed by atoms with Crippen molar-refractivity contribution >= 4 is 5.82 Å². The fourth-order valence-electron chi connectivity index (χ4n) is 1.75. The van der Waals surface area contributed by atoms with Crippen molar-refractivity contribution in [1.29, 1.82) is 0 Å². The lowest BCUT2D eigenvalue weighted by Gasteiger charge is -2.22. The Morgan fingerprint density at radius 3 is 2.58 bits per heavy atom. The third kappa shape index (κ3) is 3.20. The lowest BCUT2D eigenvalue weighted by molar-refractivity contribution is 0.438. The van der Waals surface area contributed by atoms with Gasteiger partial charge >= 0.3 is 0 Å². The molecule has 0 spiro atoms. The second-order valence-electron chi connectivity index (χ2n) is 5.24. The first kappa shape index (κ1) is 13.3. The normalized spacial score (nSPS) is 11.2. The Morgan fingerprint density at radius 1 is 1.16 bits per heavy atom. The fraction of sp³-hybridized carbons (Fsp3) is 0.286. The van der Waals surface area contributed by atoms with E-state index in [0.717, 1.165) is 11.3 Å². The van der Waals surface area contributed by atoms with Crippen molar-refractivity contribution in [3.8, 4) is 11.6 Å². The lowest BCUT2D eigenvalue weighted by atomic mass is 9.86. The third-order valence-electron chi connectivity index (χ3n) is 2.67. The van der Waals surface area contributed by atoms with Crippen LogP contribution in [0.15, 0.2) is 36.7 Å². The van der Waals surface area contributed by atoms with Crippen LogP contribution in [-0.4, -0.2) is 9.97 Å². The summed E-state index contributed by atoms with van der Waals surface area (Å²) in [5.74, 6) is 6.95. The predicted octanol–water partition coefficient (Wildman–Crippen LogP) is 2.85. The van der Waals surface area contributed by atoms with Gasteiger partial charge in [-0.2, -0.15) is 4.98 Å². The number of ether oxygens (including phenoxy) is 1. The quantitative estimate of drug-likeness (QED) is 0.654. The van der Waals surface area contributed by atoms with Gasteiger partial charge in [0.15, 0.2) is 5.82 Å². The molecule has 2 aromatic rings. The van der Waals surface area contributed by atoms with Gasteiger partial charge in [-0.15, -0.1) is 0 Å². The minimum absolute atomic E-state index is 0.00620. The highest BCUT2D eigenvalue weighted by Gasteiger charge is 2.19. The van der Waals surface area contributed by atoms with Crippen LogP contribution in [0, 0.1) is 0 Å². The Kier molecular flexibility index (Phi) is 3.66. The van der Waals surface area contributed by atoms with Gasteiger partial charge in [0.05, 0.1) is 12.4 Å². The van der Waals surface area contributed by atoms with Gasteiger partial charge < -0.3 is 10.2 Å². The SMILES string of the molecule is CC(C)(C)c1ccccc1Oc1cncc(NN)n1. The molecule has 0 saturated heterocycles. The van der Waals surface area contributed by atoms with E-state index in [-0.39, 0.29) is 5.41 Å². The van der Waals surface area contributed by atoms with Crippen LogP contribution in [0.4, 0.5) is 5.82 Å². The molecule has 0 bridgehead atoms. The lowest BCUT2D eigenvalue weighted by Crippen LogP contribution is -2.13. The van der Waals surface area contributed by atoms with Crippen LogP contribution in [0.2, 0.25) is 0 Å². The van der Waals surface area contributed by atoms with E-state index in [2.05, 4.69) is 36.2 Å². The van der Waals surface area contributed by atoms with E-state index in [1.165, 1.54) is 6.20 Å². The van der Waals surface area contributed by atoms with Crippen molar-refractivity contribution in [3.05, 3.63) is 42.2 Å². The molecular formula is C14H18N4O. The number of para-hydroxylation sites is 1. The smallest absolute Gasteiger partial charge is 0.239 e. The zero-order valence-corrected chi connectivity index (χ0v) is 11.3. The number of hydrazine groups is 1. The standard InChI is InChI=1S/C14H18N4O/c1-14(2,3)10-6-4-5-7-11(10)19-13-9-16-8-12(17-13)18-15/h4-9H,15H2,1-3H3,(H,17,18). The maximum atomic E-state index is 5.81. The highest BCUT2D eigenvalue weighted by molar-refractivity contribution is 5.41. The number of hydrogen-bond donors (Lipinski definition) is 2. The molecule has 1 aromatic carbocycles. The first-order valence-electron chi connectivity index (χ1n) is 6.07. The van der Waals surface area contributed by atoms with Gasteiger partial charge in [0.25, 0.3) is 0 Å². The Bertz CT molecular complexity index is 563. The molecule has 0 fully saturated rings. The molecule has 19 heavy (non-hydrogen) atoms. The molecule has 0 saturated carbocycles. The molecule has 3 N–H and O–H groups in total. The topological polar surface area (TPSA) is 73.1 Å². The van der Waals surface area contributed by atoms with E-state index in [9.17, 15) is 0 Å². The number of hydrogen-bond acceptors (Lipinski definition) is 5. The summed E-state index contributed by atoms with van der Waals surface area (Å²) in [6.45, 7) is 6.41. The number of nitrogen functional groups attached to an aromatic ring is 1. The van der Waals surface area contributed by atoms with Crippen LogP contribution in [0.3, 0.4) is 0 Å². The molecule has 0 aliphatic rings. The van der Waals surface area contributed by atoms with Crippen molar-refractivity contribution in [2.24, 2.45) is 5.84 Å². The van der Waals surface area contributed by atoms with E-state index in [4.69, 9.17) is 10.6 Å². The second kappa shape index (κ2) is 5.24. The number of anilines is 1. The molecule has 5 heteroatoms. The van der Waals surface area contributed by atoms with Crippen LogP contribution >= 0.6 is 0 Å². The summed E-state index contributed by atoms with van der Waals surface area (Å²) in [7, 11) is 0. The molecule has 0 aliphatic carbocycles. The number of nitrogens with two attached hydrogens (primary N) is 1. The van der Waals surface area contributed by atoms with Crippen molar-refractivity contribution in [2.45, 2.75) is 26.2 Å². The van der Waals surface area contributed by atoms with Gasteiger partial charge in [0.1, 0.15) is 5.75 Å². The number of aromatic nitrogens is 2. The zero-order valence-electron chi connectivity index (χ0n) is 11.3. The average molecular weight is 258 g/mol. The maximum Gasteiger partial charge on any atom is 0.239 e. The average Bonchev–Trinajstić information content (AvgIpc) is 2.38. The molecule has 0 atom stereocenters. The Hall–Kier alpha value is -2.14. The molecule has 1 aromatic heterocycles. The van der Waals surface area contributed by atoms with E-state index >= 15 is 0 Å². The highest BCUT2D eigenvalue weighted by atomic mass is 16.5. The van der Waals surface area contributed by atoms with Gasteiger partial charge in [-0.3, -0.25) is 4.98 Å². The minimum Gasteiger partial charge on any atom is -0.437 e. The van der Waals surface area contributed by atoms with Crippen molar-refractivity contribution in [2.75, 3.05) is 5.43 Å². The first-order valence-corrected chi connectivity index (χ1v) is 6.07. The Morgan fingerprint density at radius 2 is 1.89 bits per heavy atom. The summed E-state index contributed by atoms with van der Waals surface area (Å²) in [6.07, 6.45) is 3.09. The van der Waals surface area contributed by atoms with E-state index in [1.54, 1.807) is 6.20 Å². The molecule has 5 nitrogen and oxygen atoms in total. The van der Waals surface area contributed by atoms with Gasteiger partial charge in [0.2, 0.25) is 5.88 Å². The molecule has 0 aliphatic heterocycles. The first-order chi connectivity index (χ1) is 9.00. The van der Waals surface area contributed by atoms with Gasteiger partial charge in [0, 0.05) is 5.56 Å². The summed E-state index contributed by atoms with van der Waals surface area (Å²) in [5.41, 5.74) is 3.55. The summed E-state index contributed by atoms with van der Waals surface area (Å²) < 4.78 is 5.81. The van der Waals surface area contributed by atoms with E-state index in [1.807, 2.05) is 24.3 Å². The number of rotatable bonds is 3. The maximum absolute atomic E-state index is 5.81. The molecule has 2 rings (SSSR count). The van der Waals surface area contributed by atoms with Crippen LogP contribution < -0.4 is 16.0 Å². The third-order valence-corrected chi connectivity index (χ3v) is 2.67. The van der Waals surface area contributed by atoms with E-state index in [0.29, 0.717) is 11.7 Å². The minimum atomic E-state index is -0.00620. The molecule has 0 unspecified atom stereocenters. The summed E-state index contributed by atoms with van der Waals surface area (Å²) >= 11 is 0. The highest BCUT2D eigenvalue weighted by Crippen LogP contribution is 2.33. The van der Waals surface area contributed by atoms with Crippen molar-refractivity contribution in [1.82, 2.24) is 9.97 Å². The van der Waals surface area contributed by atoms with Crippen LogP contribution in [-0.2, 0) is 5.41 Å². The van der Waals surface area contributed by atoms with E-state index < -0.39 is 0 Å². The van der Waals surface area contributed by atoms with Crippen LogP contribution in [0.1, 0.15) is 26.3 Å². The monoisotopic (exact) mass is 258 g/mol. The molecule has 0 radical (unpaired) electrons. The predicted molar refractivity (Wildman–Crippen MR) is 75.1 cm³/mol. The van der Waals surface area contributed by atoms with Gasteiger partial charge in [-0.1, -0.05) is 39.0 Å². The largest absolute Gasteiger partial charge is 0.437 e. The van der Waals surface area contributed by atoms with Crippen LogP contribution in [0.25, 0.3) is 0 Å². The number of benzene rings is 1. The molecule has 1 heterocycles. The van der Waals surface area contributed by atoms with Crippen molar-refractivity contribution < 1.29 is 4.74 Å². The summed E-state index contributed by atoms with van der Waals surface area (Å²) in [4.78, 5) is 8.20. The van der Waals surface area contributed by atoms with Crippen molar-refractivity contribution in [3.63, 3.8) is 0 Å². The number of nitrogens with zero attached hydrogens (tertiary/aromatic N) is 2. The number of nitrogens with one attached hydrogen (secondary N) is 1. The summed E-state index contributed by atoms with van der Waals surface area (Å²) in [5, 5.41) is 0. The molecular weight excluding hydrogens is 240 g/mol. The summed E-state index contributed by atoms with van der Waals surface area (Å²) in [6, 6.07) is 7.90. The van der Waals surface area contributed by atoms with Crippen LogP contribution in [0.5, 0.6) is 11.6 Å².